The number of benzene rings is 3. The highest BCUT2D eigenvalue weighted by Crippen LogP contribution is 2.50. The summed E-state index contributed by atoms with van der Waals surface area (Å²) >= 11 is 0. The van der Waals surface area contributed by atoms with Crippen LogP contribution in [0.15, 0.2) is 78.9 Å². The first-order valence-corrected chi connectivity index (χ1v) is 7.89. The summed E-state index contributed by atoms with van der Waals surface area (Å²) in [5.41, 5.74) is 2.61. The number of para-hydroxylation sites is 2. The lowest BCUT2D eigenvalue weighted by molar-refractivity contribution is -0.139. The summed E-state index contributed by atoms with van der Waals surface area (Å²) in [5, 5.41) is 9.99. The first kappa shape index (κ1) is 14.5. The molecule has 1 atom stereocenters. The van der Waals surface area contributed by atoms with Gasteiger partial charge in [0.2, 0.25) is 0 Å². The lowest BCUT2D eigenvalue weighted by Crippen LogP contribution is -2.24. The van der Waals surface area contributed by atoms with Crippen molar-refractivity contribution in [1.29, 1.82) is 0 Å². The maximum absolute atomic E-state index is 12.2. The Morgan fingerprint density at radius 1 is 0.792 bits per heavy atom. The number of carbonyl (C=O) groups is 1. The topological polar surface area (TPSA) is 46.5 Å². The second-order valence-corrected chi connectivity index (χ2v) is 5.88. The van der Waals surface area contributed by atoms with Crippen molar-refractivity contribution in [3.05, 3.63) is 95.6 Å². The zero-order valence-corrected chi connectivity index (χ0v) is 12.9. The molecule has 0 spiro atoms. The molecular formula is C21H16O3. The molecule has 0 radical (unpaired) electrons. The molecule has 1 aliphatic rings. The van der Waals surface area contributed by atoms with E-state index in [0.29, 0.717) is 0 Å². The fraction of sp³-hybridized carbons (Fsp3) is 0.0952. The zero-order valence-electron chi connectivity index (χ0n) is 12.9. The predicted octanol–water partition coefficient (Wildman–Crippen LogP) is 4.79. The van der Waals surface area contributed by atoms with Gasteiger partial charge in [0.25, 0.3) is 0 Å². The summed E-state index contributed by atoms with van der Waals surface area (Å²) in [6.07, 6.45) is 0. The zero-order chi connectivity index (χ0) is 16.5. The van der Waals surface area contributed by atoms with Crippen molar-refractivity contribution < 1.29 is 14.6 Å². The molecule has 118 valence electrons. The van der Waals surface area contributed by atoms with E-state index in [1.807, 2.05) is 78.9 Å². The van der Waals surface area contributed by atoms with E-state index in [2.05, 4.69) is 0 Å². The van der Waals surface area contributed by atoms with Crippen LogP contribution < -0.4 is 4.74 Å². The summed E-state index contributed by atoms with van der Waals surface area (Å²) in [5.74, 6) is -0.340. The largest absolute Gasteiger partial charge is 0.481 e. The Kier molecular flexibility index (Phi) is 3.54. The van der Waals surface area contributed by atoms with Crippen LogP contribution in [0.25, 0.3) is 0 Å². The SMILES string of the molecule is O=C(O)C(c1ccccc1)C1c2ccccc2Oc2ccccc21. The summed E-state index contributed by atoms with van der Waals surface area (Å²) in [7, 11) is 0. The molecule has 0 aliphatic carbocycles. The van der Waals surface area contributed by atoms with Crippen LogP contribution in [0.5, 0.6) is 11.5 Å². The number of ether oxygens (including phenoxy) is 1. The van der Waals surface area contributed by atoms with Gasteiger partial charge in [0.1, 0.15) is 11.5 Å². The minimum atomic E-state index is -0.835. The molecule has 24 heavy (non-hydrogen) atoms. The van der Waals surface area contributed by atoms with Crippen LogP contribution in [-0.4, -0.2) is 11.1 Å². The van der Waals surface area contributed by atoms with Gasteiger partial charge in [-0.05, 0) is 17.7 Å². The van der Waals surface area contributed by atoms with Gasteiger partial charge < -0.3 is 9.84 Å². The van der Waals surface area contributed by atoms with Gasteiger partial charge in [-0.15, -0.1) is 0 Å². The van der Waals surface area contributed by atoms with E-state index < -0.39 is 11.9 Å². The summed E-state index contributed by atoms with van der Waals surface area (Å²) in [6, 6.07) is 24.7. The highest BCUT2D eigenvalue weighted by molar-refractivity contribution is 5.79. The van der Waals surface area contributed by atoms with Crippen molar-refractivity contribution in [3.8, 4) is 11.5 Å². The molecule has 1 N–H and O–H groups in total. The molecule has 1 aliphatic heterocycles. The molecule has 3 aromatic carbocycles. The average molecular weight is 316 g/mol. The molecule has 3 heteroatoms. The number of rotatable bonds is 3. The van der Waals surface area contributed by atoms with E-state index in [4.69, 9.17) is 4.74 Å². The molecule has 0 saturated carbocycles. The Morgan fingerprint density at radius 3 is 1.83 bits per heavy atom. The van der Waals surface area contributed by atoms with Crippen molar-refractivity contribution >= 4 is 5.97 Å². The molecule has 0 bridgehead atoms. The highest BCUT2D eigenvalue weighted by Gasteiger charge is 2.37. The fourth-order valence-corrected chi connectivity index (χ4v) is 3.44. The van der Waals surface area contributed by atoms with Crippen LogP contribution in [0, 0.1) is 0 Å². The Labute approximate surface area is 140 Å². The predicted molar refractivity (Wildman–Crippen MR) is 91.6 cm³/mol. The van der Waals surface area contributed by atoms with Crippen molar-refractivity contribution in [3.63, 3.8) is 0 Å². The monoisotopic (exact) mass is 316 g/mol. The summed E-state index contributed by atoms with van der Waals surface area (Å²) in [4.78, 5) is 12.2. The van der Waals surface area contributed by atoms with Gasteiger partial charge in [0.05, 0.1) is 5.92 Å². The van der Waals surface area contributed by atoms with Crippen molar-refractivity contribution in [2.24, 2.45) is 0 Å². The Morgan fingerprint density at radius 2 is 1.29 bits per heavy atom. The van der Waals surface area contributed by atoms with Gasteiger partial charge in [0, 0.05) is 17.0 Å². The molecular weight excluding hydrogens is 300 g/mol. The summed E-state index contributed by atoms with van der Waals surface area (Å²) < 4.78 is 5.98. The smallest absolute Gasteiger partial charge is 0.311 e. The van der Waals surface area contributed by atoms with Crippen LogP contribution >= 0.6 is 0 Å². The Hall–Kier alpha value is -3.07. The van der Waals surface area contributed by atoms with Crippen molar-refractivity contribution in [1.82, 2.24) is 0 Å². The second-order valence-electron chi connectivity index (χ2n) is 5.88. The average Bonchev–Trinajstić information content (AvgIpc) is 2.62. The minimum Gasteiger partial charge on any atom is -0.481 e. The number of fused-ring (bicyclic) bond motifs is 2. The van der Waals surface area contributed by atoms with Gasteiger partial charge in [-0.2, -0.15) is 0 Å². The number of aliphatic carboxylic acids is 1. The van der Waals surface area contributed by atoms with E-state index in [1.54, 1.807) is 0 Å². The third-order valence-corrected chi connectivity index (χ3v) is 4.49. The molecule has 0 fully saturated rings. The molecule has 0 saturated heterocycles. The Bertz CT molecular complexity index is 841. The van der Waals surface area contributed by atoms with E-state index >= 15 is 0 Å². The quantitative estimate of drug-likeness (QED) is 0.755. The van der Waals surface area contributed by atoms with Crippen molar-refractivity contribution in [2.45, 2.75) is 11.8 Å². The molecule has 3 aromatic rings. The number of hydrogen-bond donors (Lipinski definition) is 1. The maximum Gasteiger partial charge on any atom is 0.311 e. The lowest BCUT2D eigenvalue weighted by Gasteiger charge is -2.32. The molecule has 0 aromatic heterocycles. The molecule has 1 unspecified atom stereocenters. The Balaban J connectivity index is 1.94. The van der Waals surface area contributed by atoms with E-state index in [0.717, 1.165) is 28.2 Å². The minimum absolute atomic E-state index is 0.286. The van der Waals surface area contributed by atoms with Gasteiger partial charge in [-0.25, -0.2) is 0 Å². The van der Waals surface area contributed by atoms with E-state index in [9.17, 15) is 9.90 Å². The maximum atomic E-state index is 12.2. The fourth-order valence-electron chi connectivity index (χ4n) is 3.44. The lowest BCUT2D eigenvalue weighted by atomic mass is 9.75. The van der Waals surface area contributed by atoms with Crippen molar-refractivity contribution in [2.75, 3.05) is 0 Å². The van der Waals surface area contributed by atoms with Gasteiger partial charge >= 0.3 is 5.97 Å². The van der Waals surface area contributed by atoms with Crippen LogP contribution in [-0.2, 0) is 4.79 Å². The van der Waals surface area contributed by atoms with Crippen LogP contribution in [0.4, 0.5) is 0 Å². The van der Waals surface area contributed by atoms with Crippen LogP contribution in [0.2, 0.25) is 0 Å². The first-order chi connectivity index (χ1) is 11.8. The normalized spacial score (nSPS) is 14.2. The van der Waals surface area contributed by atoms with Crippen LogP contribution in [0.3, 0.4) is 0 Å². The second kappa shape index (κ2) is 5.85. The number of hydrogen-bond acceptors (Lipinski definition) is 2. The van der Waals surface area contributed by atoms with E-state index in [-0.39, 0.29) is 5.92 Å². The number of carboxylic acid groups (broad SMARTS) is 1. The highest BCUT2D eigenvalue weighted by atomic mass is 16.5. The van der Waals surface area contributed by atoms with Crippen LogP contribution in [0.1, 0.15) is 28.5 Å². The van der Waals surface area contributed by atoms with Gasteiger partial charge in [-0.3, -0.25) is 4.79 Å². The molecule has 1 heterocycles. The third kappa shape index (κ3) is 2.35. The van der Waals surface area contributed by atoms with Gasteiger partial charge in [0.15, 0.2) is 0 Å². The summed E-state index contributed by atoms with van der Waals surface area (Å²) in [6.45, 7) is 0. The van der Waals surface area contributed by atoms with E-state index in [1.165, 1.54) is 0 Å². The molecule has 0 amide bonds. The first-order valence-electron chi connectivity index (χ1n) is 7.89. The van der Waals surface area contributed by atoms with Gasteiger partial charge in [-0.1, -0.05) is 66.7 Å². The third-order valence-electron chi connectivity index (χ3n) is 4.49. The molecule has 3 nitrogen and oxygen atoms in total. The molecule has 4 rings (SSSR count). The standard InChI is InChI=1S/C21H16O3/c22-21(23)19(14-8-2-1-3-9-14)20-15-10-4-6-12-17(15)24-18-13-7-5-11-16(18)20/h1-13,19-20H,(H,22,23). The number of carboxylic acids is 1.